The molecule has 0 unspecified atom stereocenters. The van der Waals surface area contributed by atoms with Crippen LogP contribution in [-0.2, 0) is 4.79 Å². The smallest absolute Gasteiger partial charge is 0.238 e. The lowest BCUT2D eigenvalue weighted by Crippen LogP contribution is -2.28. The molecule has 0 aliphatic heterocycles. The summed E-state index contributed by atoms with van der Waals surface area (Å²) in [6.07, 6.45) is 7.15. The zero-order chi connectivity index (χ0) is 13.5. The standard InChI is InChI=1S/C16H22N2O/c1-13-6-8-15(9-7-13)18-16(19)12-17-11-10-14-4-2-3-5-14/h4,6-9,17H,2-3,5,10-12H2,1H3,(H,18,19). The molecule has 2 N–H and O–H groups in total. The van der Waals surface area contributed by atoms with Gasteiger partial charge in [0.1, 0.15) is 0 Å². The van der Waals surface area contributed by atoms with Gasteiger partial charge in [-0.05, 0) is 51.3 Å². The molecule has 1 aliphatic carbocycles. The number of allylic oxidation sites excluding steroid dienone is 1. The number of carbonyl (C=O) groups is 1. The molecule has 0 spiro atoms. The van der Waals surface area contributed by atoms with Gasteiger partial charge in [0.25, 0.3) is 0 Å². The molecule has 0 radical (unpaired) electrons. The second-order valence-electron chi connectivity index (χ2n) is 5.10. The second-order valence-corrected chi connectivity index (χ2v) is 5.10. The van der Waals surface area contributed by atoms with Crippen molar-refractivity contribution in [2.45, 2.75) is 32.6 Å². The Balaban J connectivity index is 1.63. The van der Waals surface area contributed by atoms with Gasteiger partial charge in [-0.15, -0.1) is 0 Å². The summed E-state index contributed by atoms with van der Waals surface area (Å²) in [5.41, 5.74) is 3.59. The summed E-state index contributed by atoms with van der Waals surface area (Å²) < 4.78 is 0. The van der Waals surface area contributed by atoms with Crippen LogP contribution in [0.4, 0.5) is 5.69 Å². The van der Waals surface area contributed by atoms with Crippen LogP contribution in [-0.4, -0.2) is 19.0 Å². The average Bonchev–Trinajstić information content (AvgIpc) is 2.91. The first-order chi connectivity index (χ1) is 9.24. The summed E-state index contributed by atoms with van der Waals surface area (Å²) in [5.74, 6) is 0.0178. The van der Waals surface area contributed by atoms with Crippen LogP contribution in [0.3, 0.4) is 0 Å². The highest BCUT2D eigenvalue weighted by molar-refractivity contribution is 5.92. The third-order valence-corrected chi connectivity index (χ3v) is 3.38. The fourth-order valence-electron chi connectivity index (χ4n) is 2.26. The highest BCUT2D eigenvalue weighted by Gasteiger charge is 2.05. The van der Waals surface area contributed by atoms with Crippen LogP contribution in [0.15, 0.2) is 35.9 Å². The number of benzene rings is 1. The maximum Gasteiger partial charge on any atom is 0.238 e. The van der Waals surface area contributed by atoms with E-state index in [1.165, 1.54) is 30.4 Å². The van der Waals surface area contributed by atoms with E-state index in [1.807, 2.05) is 31.2 Å². The van der Waals surface area contributed by atoms with E-state index < -0.39 is 0 Å². The van der Waals surface area contributed by atoms with Crippen LogP contribution in [0.5, 0.6) is 0 Å². The van der Waals surface area contributed by atoms with E-state index in [1.54, 1.807) is 0 Å². The van der Waals surface area contributed by atoms with E-state index in [9.17, 15) is 4.79 Å². The molecule has 1 amide bonds. The number of aryl methyl sites for hydroxylation is 1. The number of amides is 1. The van der Waals surface area contributed by atoms with Crippen molar-refractivity contribution >= 4 is 11.6 Å². The lowest BCUT2D eigenvalue weighted by molar-refractivity contribution is -0.115. The van der Waals surface area contributed by atoms with Crippen molar-refractivity contribution in [1.29, 1.82) is 0 Å². The van der Waals surface area contributed by atoms with Gasteiger partial charge in [-0.25, -0.2) is 0 Å². The molecule has 1 aromatic carbocycles. The molecule has 0 fully saturated rings. The highest BCUT2D eigenvalue weighted by atomic mass is 16.1. The summed E-state index contributed by atoms with van der Waals surface area (Å²) in [4.78, 5) is 11.7. The SMILES string of the molecule is Cc1ccc(NC(=O)CNCCC2=CCCC2)cc1. The van der Waals surface area contributed by atoms with Crippen LogP contribution < -0.4 is 10.6 Å². The van der Waals surface area contributed by atoms with Crippen molar-refractivity contribution in [3.63, 3.8) is 0 Å². The minimum atomic E-state index is 0.0178. The molecule has 0 aromatic heterocycles. The van der Waals surface area contributed by atoms with Gasteiger partial charge < -0.3 is 10.6 Å². The van der Waals surface area contributed by atoms with Gasteiger partial charge in [0.2, 0.25) is 5.91 Å². The molecule has 0 heterocycles. The molecule has 2 rings (SSSR count). The van der Waals surface area contributed by atoms with Crippen molar-refractivity contribution in [1.82, 2.24) is 5.32 Å². The first kappa shape index (κ1) is 13.8. The molecule has 3 nitrogen and oxygen atoms in total. The van der Waals surface area contributed by atoms with Gasteiger partial charge in [0.15, 0.2) is 0 Å². The number of rotatable bonds is 6. The summed E-state index contributed by atoms with van der Waals surface area (Å²) in [5, 5.41) is 6.07. The lowest BCUT2D eigenvalue weighted by Gasteiger charge is -2.07. The van der Waals surface area contributed by atoms with Crippen molar-refractivity contribution in [2.75, 3.05) is 18.4 Å². The monoisotopic (exact) mass is 258 g/mol. The second kappa shape index (κ2) is 7.10. The van der Waals surface area contributed by atoms with Crippen LogP contribution in [0.2, 0.25) is 0 Å². The van der Waals surface area contributed by atoms with E-state index in [0.717, 1.165) is 18.7 Å². The predicted octanol–water partition coefficient (Wildman–Crippen LogP) is 3.02. The predicted molar refractivity (Wildman–Crippen MR) is 79.2 cm³/mol. The van der Waals surface area contributed by atoms with E-state index in [0.29, 0.717) is 6.54 Å². The van der Waals surface area contributed by atoms with Crippen LogP contribution in [0.1, 0.15) is 31.2 Å². The van der Waals surface area contributed by atoms with Crippen molar-refractivity contribution < 1.29 is 4.79 Å². The molecule has 1 aromatic rings. The fourth-order valence-corrected chi connectivity index (χ4v) is 2.26. The molecule has 1 aliphatic rings. The lowest BCUT2D eigenvalue weighted by atomic mass is 10.2. The number of anilines is 1. The quantitative estimate of drug-likeness (QED) is 0.608. The van der Waals surface area contributed by atoms with Gasteiger partial charge in [0.05, 0.1) is 6.54 Å². The summed E-state index contributed by atoms with van der Waals surface area (Å²) in [6, 6.07) is 7.85. The van der Waals surface area contributed by atoms with Crippen LogP contribution in [0, 0.1) is 6.92 Å². The van der Waals surface area contributed by atoms with E-state index in [2.05, 4.69) is 16.7 Å². The Morgan fingerprint density at radius 3 is 2.74 bits per heavy atom. The van der Waals surface area contributed by atoms with Gasteiger partial charge in [-0.1, -0.05) is 29.3 Å². The fraction of sp³-hybridized carbons (Fsp3) is 0.438. The molecular weight excluding hydrogens is 236 g/mol. The third kappa shape index (κ3) is 4.87. The Morgan fingerprint density at radius 2 is 2.05 bits per heavy atom. The van der Waals surface area contributed by atoms with Crippen molar-refractivity contribution in [2.24, 2.45) is 0 Å². The van der Waals surface area contributed by atoms with Gasteiger partial charge in [-0.3, -0.25) is 4.79 Å². The highest BCUT2D eigenvalue weighted by Crippen LogP contribution is 2.19. The Labute approximate surface area is 115 Å². The first-order valence-corrected chi connectivity index (χ1v) is 6.99. The summed E-state index contributed by atoms with van der Waals surface area (Å²) in [7, 11) is 0. The van der Waals surface area contributed by atoms with Gasteiger partial charge in [0, 0.05) is 5.69 Å². The molecule has 0 saturated carbocycles. The van der Waals surface area contributed by atoms with E-state index in [4.69, 9.17) is 0 Å². The van der Waals surface area contributed by atoms with Crippen molar-refractivity contribution in [3.8, 4) is 0 Å². The minimum absolute atomic E-state index is 0.0178. The average molecular weight is 258 g/mol. The molecule has 3 heteroatoms. The molecule has 0 bridgehead atoms. The normalized spacial score (nSPS) is 14.3. The molecular formula is C16H22N2O. The minimum Gasteiger partial charge on any atom is -0.325 e. The maximum atomic E-state index is 11.7. The molecule has 0 atom stereocenters. The van der Waals surface area contributed by atoms with Gasteiger partial charge in [-0.2, -0.15) is 0 Å². The van der Waals surface area contributed by atoms with E-state index >= 15 is 0 Å². The number of hydrogen-bond donors (Lipinski definition) is 2. The molecule has 19 heavy (non-hydrogen) atoms. The van der Waals surface area contributed by atoms with E-state index in [-0.39, 0.29) is 5.91 Å². The Hall–Kier alpha value is -1.61. The van der Waals surface area contributed by atoms with Gasteiger partial charge >= 0.3 is 0 Å². The first-order valence-electron chi connectivity index (χ1n) is 6.99. The summed E-state index contributed by atoms with van der Waals surface area (Å²) >= 11 is 0. The maximum absolute atomic E-state index is 11.7. The molecule has 102 valence electrons. The number of hydrogen-bond acceptors (Lipinski definition) is 2. The third-order valence-electron chi connectivity index (χ3n) is 3.38. The Kier molecular flexibility index (Phi) is 5.16. The number of nitrogens with one attached hydrogen (secondary N) is 2. The Morgan fingerprint density at radius 1 is 1.26 bits per heavy atom. The van der Waals surface area contributed by atoms with Crippen LogP contribution >= 0.6 is 0 Å². The summed E-state index contributed by atoms with van der Waals surface area (Å²) in [6.45, 7) is 3.29. The topological polar surface area (TPSA) is 41.1 Å². The van der Waals surface area contributed by atoms with Crippen LogP contribution in [0.25, 0.3) is 0 Å². The largest absolute Gasteiger partial charge is 0.325 e. The molecule has 0 saturated heterocycles. The number of carbonyl (C=O) groups excluding carboxylic acids is 1. The zero-order valence-corrected chi connectivity index (χ0v) is 11.5. The van der Waals surface area contributed by atoms with Crippen molar-refractivity contribution in [3.05, 3.63) is 41.5 Å². The zero-order valence-electron chi connectivity index (χ0n) is 11.5. The Bertz CT molecular complexity index is 448.